The molecule has 1 rings (SSSR count). The summed E-state index contributed by atoms with van der Waals surface area (Å²) in [5, 5.41) is 0. The molecule has 0 radical (unpaired) electrons. The van der Waals surface area contributed by atoms with Crippen molar-refractivity contribution in [1.29, 1.82) is 0 Å². The zero-order valence-corrected chi connectivity index (χ0v) is 7.10. The highest BCUT2D eigenvalue weighted by molar-refractivity contribution is 7.80. The molecule has 0 N–H and O–H groups in total. The van der Waals surface area contributed by atoms with E-state index in [1.165, 1.54) is 12.8 Å². The first-order valence-corrected chi connectivity index (χ1v) is 4.25. The van der Waals surface area contributed by atoms with Crippen LogP contribution in [0.15, 0.2) is 0 Å². The minimum atomic E-state index is 0.234. The van der Waals surface area contributed by atoms with Crippen molar-refractivity contribution in [3.05, 3.63) is 0 Å². The summed E-state index contributed by atoms with van der Waals surface area (Å²) in [5.74, 6) is 0.896. The Morgan fingerprint density at radius 3 is 2.70 bits per heavy atom. The Hall–Kier alpha value is -0.180. The molecule has 1 fully saturated rings. The molecule has 0 atom stereocenters. The summed E-state index contributed by atoms with van der Waals surface area (Å²) < 4.78 is 0. The summed E-state index contributed by atoms with van der Waals surface area (Å²) in [5.41, 5.74) is 0. The van der Waals surface area contributed by atoms with Gasteiger partial charge in [-0.05, 0) is 18.6 Å². The molecule has 0 aliphatic heterocycles. The van der Waals surface area contributed by atoms with Crippen LogP contribution in [0.25, 0.3) is 0 Å². The molecule has 0 bridgehead atoms. The average molecular weight is 159 g/mol. The van der Waals surface area contributed by atoms with Crippen molar-refractivity contribution in [2.75, 3.05) is 12.8 Å². The highest BCUT2D eigenvalue weighted by Crippen LogP contribution is 2.25. The third kappa shape index (κ3) is 1.90. The Kier molecular flexibility index (Phi) is 2.60. The lowest BCUT2D eigenvalue weighted by Gasteiger charge is -2.14. The summed E-state index contributed by atoms with van der Waals surface area (Å²) in [6.45, 7) is 0. The van der Waals surface area contributed by atoms with E-state index in [4.69, 9.17) is 0 Å². The van der Waals surface area contributed by atoms with Crippen LogP contribution in [0.2, 0.25) is 0 Å². The molecule has 1 aliphatic carbocycles. The molecule has 0 aromatic carbocycles. The second-order valence-electron chi connectivity index (χ2n) is 2.71. The lowest BCUT2D eigenvalue weighted by molar-refractivity contribution is -0.129. The Morgan fingerprint density at radius 1 is 1.70 bits per heavy atom. The van der Waals surface area contributed by atoms with E-state index in [1.807, 2.05) is 11.9 Å². The van der Waals surface area contributed by atoms with Crippen molar-refractivity contribution in [2.45, 2.75) is 25.3 Å². The molecule has 1 saturated carbocycles. The molecule has 10 heavy (non-hydrogen) atoms. The number of carbonyl (C=O) groups excluding carboxylic acids is 1. The van der Waals surface area contributed by atoms with E-state index in [0.717, 1.165) is 0 Å². The molecule has 0 spiro atoms. The number of hydrogen-bond donors (Lipinski definition) is 1. The standard InChI is InChI=1S/C7H13NOS/c1-8(6-2-3-6)7(9)4-5-10/h6,10H,2-5H2,1H3. The van der Waals surface area contributed by atoms with E-state index >= 15 is 0 Å². The number of amides is 1. The first-order chi connectivity index (χ1) is 4.75. The molecule has 0 aromatic heterocycles. The Balaban J connectivity index is 2.24. The molecule has 2 nitrogen and oxygen atoms in total. The summed E-state index contributed by atoms with van der Waals surface area (Å²) in [6.07, 6.45) is 2.96. The van der Waals surface area contributed by atoms with Gasteiger partial charge in [-0.15, -0.1) is 0 Å². The number of rotatable bonds is 3. The van der Waals surface area contributed by atoms with Gasteiger partial charge in [0, 0.05) is 19.5 Å². The summed E-state index contributed by atoms with van der Waals surface area (Å²) >= 11 is 4.00. The first-order valence-electron chi connectivity index (χ1n) is 3.62. The van der Waals surface area contributed by atoms with Crippen molar-refractivity contribution in [3.8, 4) is 0 Å². The molecule has 58 valence electrons. The quantitative estimate of drug-likeness (QED) is 0.607. The van der Waals surface area contributed by atoms with Crippen molar-refractivity contribution < 1.29 is 4.79 Å². The Labute approximate surface area is 67.0 Å². The van der Waals surface area contributed by atoms with Crippen LogP contribution in [0.1, 0.15) is 19.3 Å². The van der Waals surface area contributed by atoms with E-state index in [-0.39, 0.29) is 5.91 Å². The highest BCUT2D eigenvalue weighted by atomic mass is 32.1. The lowest BCUT2D eigenvalue weighted by Crippen LogP contribution is -2.28. The van der Waals surface area contributed by atoms with Crippen molar-refractivity contribution in [1.82, 2.24) is 4.90 Å². The predicted molar refractivity (Wildman–Crippen MR) is 44.3 cm³/mol. The summed E-state index contributed by atoms with van der Waals surface area (Å²) in [7, 11) is 1.88. The van der Waals surface area contributed by atoms with Crippen LogP contribution in [0.4, 0.5) is 0 Å². The summed E-state index contributed by atoms with van der Waals surface area (Å²) in [4.78, 5) is 12.9. The normalized spacial score (nSPS) is 17.0. The maximum atomic E-state index is 11.1. The second-order valence-corrected chi connectivity index (χ2v) is 3.16. The predicted octanol–water partition coefficient (Wildman–Crippen LogP) is 0.927. The van der Waals surface area contributed by atoms with E-state index in [2.05, 4.69) is 12.6 Å². The number of nitrogens with zero attached hydrogens (tertiary/aromatic N) is 1. The maximum absolute atomic E-state index is 11.1. The van der Waals surface area contributed by atoms with Gasteiger partial charge in [0.1, 0.15) is 0 Å². The van der Waals surface area contributed by atoms with Gasteiger partial charge in [0.15, 0.2) is 0 Å². The molecular weight excluding hydrogens is 146 g/mol. The average Bonchev–Trinajstić information content (AvgIpc) is 2.68. The van der Waals surface area contributed by atoms with E-state index in [1.54, 1.807) is 0 Å². The van der Waals surface area contributed by atoms with Crippen molar-refractivity contribution >= 4 is 18.5 Å². The number of hydrogen-bond acceptors (Lipinski definition) is 2. The van der Waals surface area contributed by atoms with Gasteiger partial charge in [0.25, 0.3) is 0 Å². The highest BCUT2D eigenvalue weighted by Gasteiger charge is 2.28. The van der Waals surface area contributed by atoms with Crippen LogP contribution in [0, 0.1) is 0 Å². The van der Waals surface area contributed by atoms with Gasteiger partial charge < -0.3 is 4.90 Å². The third-order valence-electron chi connectivity index (χ3n) is 1.81. The lowest BCUT2D eigenvalue weighted by atomic mass is 10.4. The van der Waals surface area contributed by atoms with Crippen LogP contribution in [0.5, 0.6) is 0 Å². The fourth-order valence-corrected chi connectivity index (χ4v) is 1.13. The Morgan fingerprint density at radius 2 is 2.30 bits per heavy atom. The van der Waals surface area contributed by atoms with Crippen LogP contribution in [-0.2, 0) is 4.79 Å². The molecule has 0 aromatic rings. The SMILES string of the molecule is CN(C(=O)CCS)C1CC1. The van der Waals surface area contributed by atoms with Gasteiger partial charge in [0.05, 0.1) is 0 Å². The second kappa shape index (κ2) is 3.28. The van der Waals surface area contributed by atoms with Crippen LogP contribution < -0.4 is 0 Å². The molecule has 1 aliphatic rings. The van der Waals surface area contributed by atoms with Gasteiger partial charge in [-0.25, -0.2) is 0 Å². The van der Waals surface area contributed by atoms with Gasteiger partial charge in [-0.3, -0.25) is 4.79 Å². The van der Waals surface area contributed by atoms with Gasteiger partial charge in [0.2, 0.25) is 5.91 Å². The summed E-state index contributed by atoms with van der Waals surface area (Å²) in [6, 6.07) is 0.549. The molecule has 3 heteroatoms. The van der Waals surface area contributed by atoms with E-state index < -0.39 is 0 Å². The first kappa shape index (κ1) is 7.92. The zero-order chi connectivity index (χ0) is 7.56. The minimum Gasteiger partial charge on any atom is -0.343 e. The molecule has 0 saturated heterocycles. The number of carbonyl (C=O) groups is 1. The minimum absolute atomic E-state index is 0.234. The molecule has 0 heterocycles. The maximum Gasteiger partial charge on any atom is 0.223 e. The van der Waals surface area contributed by atoms with Gasteiger partial charge >= 0.3 is 0 Å². The molecular formula is C7H13NOS. The van der Waals surface area contributed by atoms with Crippen molar-refractivity contribution in [3.63, 3.8) is 0 Å². The van der Waals surface area contributed by atoms with Crippen LogP contribution in [0.3, 0.4) is 0 Å². The van der Waals surface area contributed by atoms with Crippen LogP contribution in [-0.4, -0.2) is 29.6 Å². The monoisotopic (exact) mass is 159 g/mol. The Bertz CT molecular complexity index is 134. The topological polar surface area (TPSA) is 20.3 Å². The number of thiol groups is 1. The fraction of sp³-hybridized carbons (Fsp3) is 0.857. The zero-order valence-electron chi connectivity index (χ0n) is 6.21. The van der Waals surface area contributed by atoms with E-state index in [9.17, 15) is 4.79 Å². The van der Waals surface area contributed by atoms with Gasteiger partial charge in [-0.1, -0.05) is 0 Å². The fourth-order valence-electron chi connectivity index (χ4n) is 0.937. The molecule has 1 amide bonds. The van der Waals surface area contributed by atoms with Crippen molar-refractivity contribution in [2.24, 2.45) is 0 Å². The smallest absolute Gasteiger partial charge is 0.223 e. The van der Waals surface area contributed by atoms with E-state index in [0.29, 0.717) is 18.2 Å². The van der Waals surface area contributed by atoms with Crippen LogP contribution >= 0.6 is 12.6 Å². The third-order valence-corrected chi connectivity index (χ3v) is 2.04. The van der Waals surface area contributed by atoms with Gasteiger partial charge in [-0.2, -0.15) is 12.6 Å². The molecule has 0 unspecified atom stereocenters. The largest absolute Gasteiger partial charge is 0.343 e.